The summed E-state index contributed by atoms with van der Waals surface area (Å²) < 4.78 is 16.5. The van der Waals surface area contributed by atoms with Gasteiger partial charge in [-0.3, -0.25) is 4.79 Å². The molecule has 1 amide bonds. The first kappa shape index (κ1) is 15.9. The van der Waals surface area contributed by atoms with Gasteiger partial charge in [-0.15, -0.1) is 0 Å². The minimum atomic E-state index is -0.353. The van der Waals surface area contributed by atoms with Crippen LogP contribution in [0.4, 0.5) is 5.82 Å². The highest BCUT2D eigenvalue weighted by atomic mass is 16.6. The van der Waals surface area contributed by atoms with Crippen LogP contribution in [0, 0.1) is 0 Å². The summed E-state index contributed by atoms with van der Waals surface area (Å²) in [5, 5.41) is 5.96. The SMILES string of the molecule is O=C(Nc1cccc(-c2ccc3c(c2)OCCO3)n1)C1COCCN1. The van der Waals surface area contributed by atoms with Crippen molar-refractivity contribution in [3.63, 3.8) is 0 Å². The molecule has 1 atom stereocenters. The van der Waals surface area contributed by atoms with Crippen molar-refractivity contribution in [2.24, 2.45) is 0 Å². The molecule has 3 heterocycles. The normalized spacial score (nSPS) is 19.3. The summed E-state index contributed by atoms with van der Waals surface area (Å²) in [6, 6.07) is 10.9. The number of aromatic nitrogens is 1. The minimum Gasteiger partial charge on any atom is -0.486 e. The van der Waals surface area contributed by atoms with Crippen molar-refractivity contribution in [2.75, 3.05) is 38.3 Å². The van der Waals surface area contributed by atoms with Gasteiger partial charge in [-0.1, -0.05) is 6.07 Å². The zero-order chi connectivity index (χ0) is 17.1. The van der Waals surface area contributed by atoms with E-state index in [0.717, 1.165) is 17.0 Å². The molecule has 2 aliphatic heterocycles. The van der Waals surface area contributed by atoms with Crippen LogP contribution in [0.15, 0.2) is 36.4 Å². The Labute approximate surface area is 145 Å². The van der Waals surface area contributed by atoms with E-state index in [1.807, 2.05) is 30.3 Å². The average Bonchev–Trinajstić information content (AvgIpc) is 2.68. The van der Waals surface area contributed by atoms with Crippen molar-refractivity contribution in [1.29, 1.82) is 0 Å². The third kappa shape index (κ3) is 3.57. The molecule has 0 bridgehead atoms. The lowest BCUT2D eigenvalue weighted by molar-refractivity contribution is -0.120. The molecular weight excluding hydrogens is 322 g/mol. The minimum absolute atomic E-state index is 0.147. The van der Waals surface area contributed by atoms with Crippen molar-refractivity contribution < 1.29 is 19.0 Å². The molecule has 1 unspecified atom stereocenters. The van der Waals surface area contributed by atoms with Crippen LogP contribution < -0.4 is 20.1 Å². The van der Waals surface area contributed by atoms with Crippen molar-refractivity contribution in [3.05, 3.63) is 36.4 Å². The lowest BCUT2D eigenvalue weighted by atomic mass is 10.1. The molecule has 2 aliphatic rings. The molecule has 0 radical (unpaired) electrons. The van der Waals surface area contributed by atoms with Gasteiger partial charge >= 0.3 is 0 Å². The van der Waals surface area contributed by atoms with E-state index in [4.69, 9.17) is 14.2 Å². The van der Waals surface area contributed by atoms with Crippen molar-refractivity contribution >= 4 is 11.7 Å². The largest absolute Gasteiger partial charge is 0.486 e. The molecule has 0 spiro atoms. The summed E-state index contributed by atoms with van der Waals surface area (Å²) in [7, 11) is 0. The maximum atomic E-state index is 12.3. The first-order valence-electron chi connectivity index (χ1n) is 8.29. The van der Waals surface area contributed by atoms with Gasteiger partial charge in [-0.2, -0.15) is 0 Å². The van der Waals surface area contributed by atoms with Gasteiger partial charge < -0.3 is 24.8 Å². The number of rotatable bonds is 3. The van der Waals surface area contributed by atoms with E-state index in [1.54, 1.807) is 6.07 Å². The molecule has 25 heavy (non-hydrogen) atoms. The maximum Gasteiger partial charge on any atom is 0.245 e. The second kappa shape index (κ2) is 7.08. The average molecular weight is 341 g/mol. The van der Waals surface area contributed by atoms with Gasteiger partial charge in [-0.25, -0.2) is 4.98 Å². The number of ether oxygens (including phenoxy) is 3. The number of carbonyl (C=O) groups excluding carboxylic acids is 1. The molecule has 0 saturated carbocycles. The molecule has 1 fully saturated rings. The van der Waals surface area contributed by atoms with Crippen LogP contribution in [0.5, 0.6) is 11.5 Å². The molecule has 7 heteroatoms. The molecule has 7 nitrogen and oxygen atoms in total. The number of anilines is 1. The Morgan fingerprint density at radius 3 is 2.84 bits per heavy atom. The monoisotopic (exact) mass is 341 g/mol. The van der Waals surface area contributed by atoms with Crippen LogP contribution in [0.1, 0.15) is 0 Å². The molecule has 1 saturated heterocycles. The predicted molar refractivity (Wildman–Crippen MR) is 91.9 cm³/mol. The van der Waals surface area contributed by atoms with E-state index in [1.165, 1.54) is 0 Å². The van der Waals surface area contributed by atoms with Crippen molar-refractivity contribution in [1.82, 2.24) is 10.3 Å². The number of benzene rings is 1. The van der Waals surface area contributed by atoms with E-state index in [2.05, 4.69) is 15.6 Å². The van der Waals surface area contributed by atoms with Gasteiger partial charge in [0.25, 0.3) is 0 Å². The molecule has 1 aromatic carbocycles. The van der Waals surface area contributed by atoms with E-state index in [0.29, 0.717) is 44.5 Å². The zero-order valence-electron chi connectivity index (χ0n) is 13.7. The van der Waals surface area contributed by atoms with E-state index < -0.39 is 0 Å². The smallest absolute Gasteiger partial charge is 0.245 e. The third-order valence-electron chi connectivity index (χ3n) is 4.08. The number of morpholine rings is 1. The quantitative estimate of drug-likeness (QED) is 0.879. The second-order valence-corrected chi connectivity index (χ2v) is 5.84. The summed E-state index contributed by atoms with van der Waals surface area (Å²) in [6.45, 7) is 2.76. The Morgan fingerprint density at radius 2 is 2.00 bits per heavy atom. The van der Waals surface area contributed by atoms with Gasteiger partial charge in [0, 0.05) is 12.1 Å². The number of amides is 1. The summed E-state index contributed by atoms with van der Waals surface area (Å²) in [4.78, 5) is 16.8. The van der Waals surface area contributed by atoms with E-state index >= 15 is 0 Å². The first-order valence-corrected chi connectivity index (χ1v) is 8.29. The predicted octanol–water partition coefficient (Wildman–Crippen LogP) is 1.45. The summed E-state index contributed by atoms with van der Waals surface area (Å²) in [5.41, 5.74) is 1.65. The molecule has 1 aromatic heterocycles. The fourth-order valence-corrected chi connectivity index (χ4v) is 2.81. The molecule has 0 aliphatic carbocycles. The van der Waals surface area contributed by atoms with Gasteiger partial charge in [-0.05, 0) is 30.3 Å². The maximum absolute atomic E-state index is 12.3. The van der Waals surface area contributed by atoms with Gasteiger partial charge in [0.15, 0.2) is 11.5 Å². The lowest BCUT2D eigenvalue weighted by Gasteiger charge is -2.22. The highest BCUT2D eigenvalue weighted by Gasteiger charge is 2.21. The highest BCUT2D eigenvalue weighted by molar-refractivity contribution is 5.94. The number of nitrogens with zero attached hydrogens (tertiary/aromatic N) is 1. The zero-order valence-corrected chi connectivity index (χ0v) is 13.7. The Morgan fingerprint density at radius 1 is 1.12 bits per heavy atom. The van der Waals surface area contributed by atoms with Gasteiger partial charge in [0.05, 0.1) is 18.9 Å². The van der Waals surface area contributed by atoms with Gasteiger partial charge in [0.1, 0.15) is 25.1 Å². The Kier molecular flexibility index (Phi) is 4.49. The van der Waals surface area contributed by atoms with Crippen LogP contribution >= 0.6 is 0 Å². The van der Waals surface area contributed by atoms with Crippen LogP contribution in [-0.4, -0.2) is 49.9 Å². The lowest BCUT2D eigenvalue weighted by Crippen LogP contribution is -2.48. The third-order valence-corrected chi connectivity index (χ3v) is 4.08. The van der Waals surface area contributed by atoms with Crippen molar-refractivity contribution in [2.45, 2.75) is 6.04 Å². The Bertz CT molecular complexity index is 775. The van der Waals surface area contributed by atoms with Gasteiger partial charge in [0.2, 0.25) is 5.91 Å². The van der Waals surface area contributed by atoms with E-state index in [-0.39, 0.29) is 11.9 Å². The number of nitrogens with one attached hydrogen (secondary N) is 2. The number of pyridine rings is 1. The number of hydrogen-bond acceptors (Lipinski definition) is 6. The summed E-state index contributed by atoms with van der Waals surface area (Å²) in [5.74, 6) is 1.81. The number of carbonyl (C=O) groups is 1. The molecule has 2 aromatic rings. The Balaban J connectivity index is 1.52. The molecule has 4 rings (SSSR count). The van der Waals surface area contributed by atoms with Crippen LogP contribution in [0.25, 0.3) is 11.3 Å². The number of fused-ring (bicyclic) bond motifs is 1. The fraction of sp³-hybridized carbons (Fsp3) is 0.333. The van der Waals surface area contributed by atoms with Crippen LogP contribution in [-0.2, 0) is 9.53 Å². The van der Waals surface area contributed by atoms with Crippen molar-refractivity contribution in [3.8, 4) is 22.8 Å². The second-order valence-electron chi connectivity index (χ2n) is 5.84. The molecule has 2 N–H and O–H groups in total. The standard InChI is InChI=1S/C18H19N3O4/c22-18(14-11-23-7-6-19-14)21-17-3-1-2-13(20-17)12-4-5-15-16(10-12)25-9-8-24-15/h1-5,10,14,19H,6-9,11H2,(H,20,21,22). The first-order chi connectivity index (χ1) is 12.3. The molecular formula is C18H19N3O4. The summed E-state index contributed by atoms with van der Waals surface area (Å²) in [6.07, 6.45) is 0. The van der Waals surface area contributed by atoms with Crippen LogP contribution in [0.3, 0.4) is 0 Å². The van der Waals surface area contributed by atoms with Crippen LogP contribution in [0.2, 0.25) is 0 Å². The number of hydrogen-bond donors (Lipinski definition) is 2. The summed E-state index contributed by atoms with van der Waals surface area (Å²) >= 11 is 0. The molecule has 130 valence electrons. The topological polar surface area (TPSA) is 81.7 Å². The Hall–Kier alpha value is -2.64. The fourth-order valence-electron chi connectivity index (χ4n) is 2.81. The van der Waals surface area contributed by atoms with E-state index in [9.17, 15) is 4.79 Å². The highest BCUT2D eigenvalue weighted by Crippen LogP contribution is 2.34.